The number of aliphatic imine (C=N–C) groups is 1. The van der Waals surface area contributed by atoms with Crippen LogP contribution in [0.25, 0.3) is 0 Å². The van der Waals surface area contributed by atoms with Gasteiger partial charge in [-0.1, -0.05) is 30.3 Å². The SMILES string of the molecule is CC(C)(C)OC(=O)c1cccc(CN=C(N)Nc2ccccc2)c1. The first-order valence-electron chi connectivity index (χ1n) is 7.78. The van der Waals surface area contributed by atoms with E-state index in [1.807, 2.05) is 63.2 Å². The lowest BCUT2D eigenvalue weighted by Gasteiger charge is -2.19. The first kappa shape index (κ1) is 17.5. The summed E-state index contributed by atoms with van der Waals surface area (Å²) in [7, 11) is 0. The predicted molar refractivity (Wildman–Crippen MR) is 97.0 cm³/mol. The number of nitrogens with two attached hydrogens (primary N) is 1. The summed E-state index contributed by atoms with van der Waals surface area (Å²) in [5, 5.41) is 3.02. The summed E-state index contributed by atoms with van der Waals surface area (Å²) in [6, 6.07) is 16.8. The zero-order valence-corrected chi connectivity index (χ0v) is 14.2. The fraction of sp³-hybridized carbons (Fsp3) is 0.263. The molecule has 0 saturated heterocycles. The van der Waals surface area contributed by atoms with Gasteiger partial charge in [-0.25, -0.2) is 9.79 Å². The van der Waals surface area contributed by atoms with Crippen LogP contribution in [-0.4, -0.2) is 17.5 Å². The van der Waals surface area contributed by atoms with E-state index in [-0.39, 0.29) is 5.97 Å². The third kappa shape index (κ3) is 5.76. The van der Waals surface area contributed by atoms with Crippen LogP contribution in [-0.2, 0) is 11.3 Å². The summed E-state index contributed by atoms with van der Waals surface area (Å²) in [5.41, 5.74) is 7.63. The lowest BCUT2D eigenvalue weighted by atomic mass is 10.1. The fourth-order valence-electron chi connectivity index (χ4n) is 2.02. The van der Waals surface area contributed by atoms with Crippen molar-refractivity contribution in [2.45, 2.75) is 32.9 Å². The maximum absolute atomic E-state index is 12.1. The molecule has 0 aliphatic carbocycles. The second kappa shape index (κ2) is 7.64. The van der Waals surface area contributed by atoms with Gasteiger partial charge in [0.05, 0.1) is 12.1 Å². The van der Waals surface area contributed by atoms with Crippen LogP contribution >= 0.6 is 0 Å². The topological polar surface area (TPSA) is 76.7 Å². The second-order valence-electron chi connectivity index (χ2n) is 6.39. The first-order chi connectivity index (χ1) is 11.3. The Kier molecular flexibility index (Phi) is 5.58. The van der Waals surface area contributed by atoms with Crippen LogP contribution in [0.4, 0.5) is 5.69 Å². The average Bonchev–Trinajstić information content (AvgIpc) is 2.53. The Balaban J connectivity index is 2.01. The van der Waals surface area contributed by atoms with Crippen molar-refractivity contribution in [3.8, 4) is 0 Å². The van der Waals surface area contributed by atoms with E-state index in [4.69, 9.17) is 10.5 Å². The van der Waals surface area contributed by atoms with E-state index < -0.39 is 5.60 Å². The molecular weight excluding hydrogens is 302 g/mol. The highest BCUT2D eigenvalue weighted by molar-refractivity contribution is 5.92. The number of hydrogen-bond donors (Lipinski definition) is 2. The molecule has 5 heteroatoms. The summed E-state index contributed by atoms with van der Waals surface area (Å²) in [6.45, 7) is 5.90. The number of anilines is 1. The van der Waals surface area contributed by atoms with Crippen molar-refractivity contribution >= 4 is 17.6 Å². The molecule has 24 heavy (non-hydrogen) atoms. The van der Waals surface area contributed by atoms with E-state index in [1.54, 1.807) is 12.1 Å². The molecule has 0 radical (unpaired) electrons. The van der Waals surface area contributed by atoms with Gasteiger partial charge in [0.2, 0.25) is 0 Å². The molecule has 126 valence electrons. The van der Waals surface area contributed by atoms with Crippen LogP contribution in [0.15, 0.2) is 59.6 Å². The molecule has 3 N–H and O–H groups in total. The summed E-state index contributed by atoms with van der Waals surface area (Å²) in [5.74, 6) is -0.0208. The third-order valence-electron chi connectivity index (χ3n) is 3.04. The van der Waals surface area contributed by atoms with Crippen molar-refractivity contribution < 1.29 is 9.53 Å². The standard InChI is InChI=1S/C19H23N3O2/c1-19(2,3)24-17(23)15-9-7-8-14(12-15)13-21-18(20)22-16-10-5-4-6-11-16/h4-12H,13H2,1-3H3,(H3,20,21,22). The Labute approximate surface area is 142 Å². The Morgan fingerprint density at radius 3 is 2.50 bits per heavy atom. The molecule has 2 aromatic rings. The number of guanidine groups is 1. The molecule has 0 bridgehead atoms. The summed E-state index contributed by atoms with van der Waals surface area (Å²) >= 11 is 0. The zero-order valence-electron chi connectivity index (χ0n) is 14.2. The molecule has 0 atom stereocenters. The van der Waals surface area contributed by atoms with Gasteiger partial charge in [-0.2, -0.15) is 0 Å². The number of benzene rings is 2. The van der Waals surface area contributed by atoms with Crippen LogP contribution in [0.5, 0.6) is 0 Å². The first-order valence-corrected chi connectivity index (χ1v) is 7.78. The van der Waals surface area contributed by atoms with Gasteiger partial charge in [0.25, 0.3) is 0 Å². The minimum absolute atomic E-state index is 0.323. The number of nitrogens with one attached hydrogen (secondary N) is 1. The smallest absolute Gasteiger partial charge is 0.338 e. The number of carbonyl (C=O) groups excluding carboxylic acids is 1. The lowest BCUT2D eigenvalue weighted by molar-refractivity contribution is 0.00694. The molecule has 0 saturated carbocycles. The van der Waals surface area contributed by atoms with E-state index in [0.717, 1.165) is 11.3 Å². The van der Waals surface area contributed by atoms with Gasteiger partial charge < -0.3 is 15.8 Å². The minimum Gasteiger partial charge on any atom is -0.456 e. The van der Waals surface area contributed by atoms with Crippen LogP contribution in [0.2, 0.25) is 0 Å². The van der Waals surface area contributed by atoms with E-state index in [2.05, 4.69) is 10.3 Å². The number of nitrogens with zero attached hydrogens (tertiary/aromatic N) is 1. The molecule has 0 spiro atoms. The van der Waals surface area contributed by atoms with Gasteiger partial charge >= 0.3 is 5.97 Å². The number of para-hydroxylation sites is 1. The number of ether oxygens (including phenoxy) is 1. The quantitative estimate of drug-likeness (QED) is 0.512. The number of rotatable bonds is 4. The highest BCUT2D eigenvalue weighted by atomic mass is 16.6. The van der Waals surface area contributed by atoms with Gasteiger partial charge in [0.15, 0.2) is 5.96 Å². The van der Waals surface area contributed by atoms with Crippen molar-refractivity contribution in [3.05, 3.63) is 65.7 Å². The van der Waals surface area contributed by atoms with Crippen LogP contribution < -0.4 is 11.1 Å². The highest BCUT2D eigenvalue weighted by Gasteiger charge is 2.17. The van der Waals surface area contributed by atoms with E-state index in [0.29, 0.717) is 18.1 Å². The molecular formula is C19H23N3O2. The number of esters is 1. The van der Waals surface area contributed by atoms with E-state index >= 15 is 0 Å². The monoisotopic (exact) mass is 325 g/mol. The Morgan fingerprint density at radius 1 is 1.12 bits per heavy atom. The van der Waals surface area contributed by atoms with E-state index in [1.165, 1.54) is 0 Å². The van der Waals surface area contributed by atoms with Crippen LogP contribution in [0, 0.1) is 0 Å². The highest BCUT2D eigenvalue weighted by Crippen LogP contribution is 2.14. The molecule has 0 heterocycles. The Hall–Kier alpha value is -2.82. The second-order valence-corrected chi connectivity index (χ2v) is 6.39. The molecule has 0 aliphatic rings. The average molecular weight is 325 g/mol. The van der Waals surface area contributed by atoms with Gasteiger partial charge in [-0.3, -0.25) is 0 Å². The van der Waals surface area contributed by atoms with Gasteiger partial charge in [0.1, 0.15) is 5.60 Å². The van der Waals surface area contributed by atoms with Gasteiger partial charge in [-0.05, 0) is 50.6 Å². The third-order valence-corrected chi connectivity index (χ3v) is 3.04. The number of carbonyl (C=O) groups is 1. The Bertz CT molecular complexity index is 719. The van der Waals surface area contributed by atoms with Gasteiger partial charge in [0, 0.05) is 5.69 Å². The Morgan fingerprint density at radius 2 is 1.83 bits per heavy atom. The number of hydrogen-bond acceptors (Lipinski definition) is 3. The molecule has 0 fully saturated rings. The van der Waals surface area contributed by atoms with Gasteiger partial charge in [-0.15, -0.1) is 0 Å². The maximum atomic E-state index is 12.1. The molecule has 5 nitrogen and oxygen atoms in total. The zero-order chi connectivity index (χ0) is 17.6. The molecule has 0 amide bonds. The molecule has 0 aliphatic heterocycles. The maximum Gasteiger partial charge on any atom is 0.338 e. The predicted octanol–water partition coefficient (Wildman–Crippen LogP) is 3.57. The van der Waals surface area contributed by atoms with Crippen LogP contribution in [0.1, 0.15) is 36.7 Å². The molecule has 2 rings (SSSR count). The van der Waals surface area contributed by atoms with Crippen molar-refractivity contribution in [1.29, 1.82) is 0 Å². The summed E-state index contributed by atoms with van der Waals surface area (Å²) in [6.07, 6.45) is 0. The van der Waals surface area contributed by atoms with Crippen molar-refractivity contribution in [1.82, 2.24) is 0 Å². The minimum atomic E-state index is -0.519. The van der Waals surface area contributed by atoms with Crippen LogP contribution in [0.3, 0.4) is 0 Å². The molecule has 0 unspecified atom stereocenters. The molecule has 2 aromatic carbocycles. The normalized spacial score (nSPS) is 11.9. The molecule has 0 aromatic heterocycles. The summed E-state index contributed by atoms with van der Waals surface area (Å²) < 4.78 is 5.37. The van der Waals surface area contributed by atoms with E-state index in [9.17, 15) is 4.79 Å². The fourth-order valence-corrected chi connectivity index (χ4v) is 2.02. The largest absolute Gasteiger partial charge is 0.456 e. The van der Waals surface area contributed by atoms with Crippen molar-refractivity contribution in [2.24, 2.45) is 10.7 Å². The van der Waals surface area contributed by atoms with Crippen molar-refractivity contribution in [3.63, 3.8) is 0 Å². The lowest BCUT2D eigenvalue weighted by Crippen LogP contribution is -2.24. The summed E-state index contributed by atoms with van der Waals surface area (Å²) in [4.78, 5) is 16.4. The van der Waals surface area contributed by atoms with Crippen molar-refractivity contribution in [2.75, 3.05) is 5.32 Å².